The molecule has 0 spiro atoms. The summed E-state index contributed by atoms with van der Waals surface area (Å²) >= 11 is 15.5. The van der Waals surface area contributed by atoms with Crippen molar-refractivity contribution < 1.29 is 9.84 Å². The average molecular weight is 467 g/mol. The van der Waals surface area contributed by atoms with Crippen molar-refractivity contribution in [1.82, 2.24) is 0 Å². The van der Waals surface area contributed by atoms with Crippen LogP contribution in [0.25, 0.3) is 0 Å². The summed E-state index contributed by atoms with van der Waals surface area (Å²) in [6.07, 6.45) is 0. The molecule has 0 aromatic heterocycles. The largest absolute Gasteiger partial charge is 0.505 e. The fraction of sp³-hybridized carbons (Fsp3) is 0.143. The van der Waals surface area contributed by atoms with Crippen molar-refractivity contribution >= 4 is 44.8 Å². The number of ether oxygens (including phenoxy) is 1. The SMILES string of the molecule is Cc1ccccc1COc1ccc(Br)cc1CNc1cc(Cl)c(O)c(Cl)c1. The van der Waals surface area contributed by atoms with Gasteiger partial charge in [-0.25, -0.2) is 0 Å². The van der Waals surface area contributed by atoms with Crippen LogP contribution in [0, 0.1) is 6.92 Å². The quantitative estimate of drug-likeness (QED) is 0.385. The lowest BCUT2D eigenvalue weighted by Gasteiger charge is -2.15. The second-order valence-electron chi connectivity index (χ2n) is 6.11. The number of anilines is 1. The molecule has 0 aliphatic heterocycles. The Bertz CT molecular complexity index is 940. The zero-order valence-corrected chi connectivity index (χ0v) is 17.7. The first kappa shape index (κ1) is 19.9. The number of phenols is 1. The van der Waals surface area contributed by atoms with Crippen LogP contribution in [0.3, 0.4) is 0 Å². The van der Waals surface area contributed by atoms with E-state index in [9.17, 15) is 5.11 Å². The molecule has 3 aromatic carbocycles. The second-order valence-corrected chi connectivity index (χ2v) is 7.84. The Hall–Kier alpha value is -1.88. The maximum Gasteiger partial charge on any atom is 0.152 e. The van der Waals surface area contributed by atoms with Crippen molar-refractivity contribution in [3.63, 3.8) is 0 Å². The highest BCUT2D eigenvalue weighted by Gasteiger charge is 2.09. The highest BCUT2D eigenvalue weighted by molar-refractivity contribution is 9.10. The van der Waals surface area contributed by atoms with Gasteiger partial charge in [-0.15, -0.1) is 0 Å². The molecule has 0 amide bonds. The van der Waals surface area contributed by atoms with E-state index in [1.165, 1.54) is 5.56 Å². The van der Waals surface area contributed by atoms with Gasteiger partial charge >= 0.3 is 0 Å². The molecule has 0 atom stereocenters. The van der Waals surface area contributed by atoms with Gasteiger partial charge in [0.05, 0.1) is 10.0 Å². The molecule has 0 saturated heterocycles. The third kappa shape index (κ3) is 5.10. The number of aromatic hydroxyl groups is 1. The Labute approximate surface area is 177 Å². The minimum absolute atomic E-state index is 0.117. The van der Waals surface area contributed by atoms with E-state index >= 15 is 0 Å². The highest BCUT2D eigenvalue weighted by Crippen LogP contribution is 2.35. The van der Waals surface area contributed by atoms with E-state index in [4.69, 9.17) is 27.9 Å². The summed E-state index contributed by atoms with van der Waals surface area (Å²) in [6, 6.07) is 17.3. The summed E-state index contributed by atoms with van der Waals surface area (Å²) in [4.78, 5) is 0. The number of hydrogen-bond acceptors (Lipinski definition) is 3. The van der Waals surface area contributed by atoms with Crippen LogP contribution in [0.4, 0.5) is 5.69 Å². The third-order valence-electron chi connectivity index (χ3n) is 4.17. The first-order valence-corrected chi connectivity index (χ1v) is 9.86. The van der Waals surface area contributed by atoms with Crippen molar-refractivity contribution in [3.8, 4) is 11.5 Å². The summed E-state index contributed by atoms with van der Waals surface area (Å²) in [6.45, 7) is 3.08. The fourth-order valence-electron chi connectivity index (χ4n) is 2.62. The predicted molar refractivity (Wildman–Crippen MR) is 115 cm³/mol. The number of aryl methyl sites for hydroxylation is 1. The standard InChI is InChI=1S/C21H18BrCl2NO2/c1-13-4-2-3-5-14(13)12-27-20-7-6-16(22)8-15(20)11-25-17-9-18(23)21(26)19(24)10-17/h2-10,25-26H,11-12H2,1H3. The van der Waals surface area contributed by atoms with Crippen molar-refractivity contribution in [2.75, 3.05) is 5.32 Å². The van der Waals surface area contributed by atoms with Crippen LogP contribution in [0.2, 0.25) is 10.0 Å². The van der Waals surface area contributed by atoms with Gasteiger partial charge in [0.25, 0.3) is 0 Å². The summed E-state index contributed by atoms with van der Waals surface area (Å²) < 4.78 is 7.02. The molecule has 27 heavy (non-hydrogen) atoms. The molecule has 2 N–H and O–H groups in total. The van der Waals surface area contributed by atoms with E-state index < -0.39 is 0 Å². The van der Waals surface area contributed by atoms with Gasteiger partial charge in [-0.2, -0.15) is 0 Å². The molecule has 3 rings (SSSR count). The lowest BCUT2D eigenvalue weighted by atomic mass is 10.1. The van der Waals surface area contributed by atoms with Gasteiger partial charge in [-0.05, 0) is 48.4 Å². The van der Waals surface area contributed by atoms with Crippen molar-refractivity contribution in [2.24, 2.45) is 0 Å². The van der Waals surface area contributed by atoms with Crippen LogP contribution < -0.4 is 10.1 Å². The third-order valence-corrected chi connectivity index (χ3v) is 5.24. The molecule has 3 nitrogen and oxygen atoms in total. The Morgan fingerprint density at radius 1 is 1.00 bits per heavy atom. The Balaban J connectivity index is 1.75. The number of nitrogens with one attached hydrogen (secondary N) is 1. The van der Waals surface area contributed by atoms with E-state index in [2.05, 4.69) is 40.3 Å². The first-order chi connectivity index (χ1) is 12.9. The van der Waals surface area contributed by atoms with Crippen molar-refractivity contribution in [1.29, 1.82) is 0 Å². The Kier molecular flexibility index (Phi) is 6.53. The zero-order valence-electron chi connectivity index (χ0n) is 14.6. The number of hydrogen-bond donors (Lipinski definition) is 2. The number of phenolic OH excluding ortho intramolecular Hbond substituents is 1. The summed E-state index contributed by atoms with van der Waals surface area (Å²) in [7, 11) is 0. The van der Waals surface area contributed by atoms with E-state index in [1.807, 2.05) is 30.3 Å². The molecule has 0 aliphatic carbocycles. The molecule has 0 radical (unpaired) electrons. The summed E-state index contributed by atoms with van der Waals surface area (Å²) in [5.41, 5.74) is 4.05. The van der Waals surface area contributed by atoms with Crippen molar-refractivity contribution in [2.45, 2.75) is 20.1 Å². The van der Waals surface area contributed by atoms with E-state index in [0.29, 0.717) is 18.8 Å². The topological polar surface area (TPSA) is 41.5 Å². The maximum atomic E-state index is 9.68. The molecular weight excluding hydrogens is 449 g/mol. The molecule has 0 aliphatic rings. The van der Waals surface area contributed by atoms with Gasteiger partial charge in [-0.1, -0.05) is 63.4 Å². The van der Waals surface area contributed by atoms with Crippen LogP contribution in [-0.2, 0) is 13.2 Å². The van der Waals surface area contributed by atoms with Crippen LogP contribution in [-0.4, -0.2) is 5.11 Å². The molecule has 6 heteroatoms. The number of halogens is 3. The molecular formula is C21H18BrCl2NO2. The van der Waals surface area contributed by atoms with E-state index in [0.717, 1.165) is 21.3 Å². The number of benzene rings is 3. The average Bonchev–Trinajstić information content (AvgIpc) is 2.64. The summed E-state index contributed by atoms with van der Waals surface area (Å²) in [5.74, 6) is 0.679. The number of rotatable bonds is 6. The van der Waals surface area contributed by atoms with Crippen LogP contribution >= 0.6 is 39.1 Å². The molecule has 140 valence electrons. The van der Waals surface area contributed by atoms with Gasteiger partial charge < -0.3 is 15.2 Å². The van der Waals surface area contributed by atoms with Crippen molar-refractivity contribution in [3.05, 3.63) is 85.8 Å². The van der Waals surface area contributed by atoms with Crippen LogP contribution in [0.1, 0.15) is 16.7 Å². The fourth-order valence-corrected chi connectivity index (χ4v) is 3.51. The second kappa shape index (κ2) is 8.87. The van der Waals surface area contributed by atoms with Gasteiger partial charge in [0, 0.05) is 22.3 Å². The van der Waals surface area contributed by atoms with Crippen LogP contribution in [0.15, 0.2) is 59.1 Å². The van der Waals surface area contributed by atoms with Gasteiger partial charge in [0.2, 0.25) is 0 Å². The Morgan fingerprint density at radius 3 is 2.41 bits per heavy atom. The van der Waals surface area contributed by atoms with Gasteiger partial charge in [-0.3, -0.25) is 0 Å². The monoisotopic (exact) mass is 465 g/mol. The summed E-state index contributed by atoms with van der Waals surface area (Å²) in [5, 5.41) is 13.4. The minimum atomic E-state index is -0.117. The predicted octanol–water partition coefficient (Wildman–Crippen LogP) is 6.96. The van der Waals surface area contributed by atoms with Crippen LogP contribution in [0.5, 0.6) is 11.5 Å². The minimum Gasteiger partial charge on any atom is -0.505 e. The van der Waals surface area contributed by atoms with E-state index in [1.54, 1.807) is 12.1 Å². The Morgan fingerprint density at radius 2 is 1.70 bits per heavy atom. The van der Waals surface area contributed by atoms with Gasteiger partial charge in [0.1, 0.15) is 12.4 Å². The first-order valence-electron chi connectivity index (χ1n) is 8.31. The van der Waals surface area contributed by atoms with E-state index in [-0.39, 0.29) is 15.8 Å². The molecule has 0 heterocycles. The maximum absolute atomic E-state index is 9.68. The smallest absolute Gasteiger partial charge is 0.152 e. The van der Waals surface area contributed by atoms with Gasteiger partial charge in [0.15, 0.2) is 5.75 Å². The molecule has 0 fully saturated rings. The lowest BCUT2D eigenvalue weighted by molar-refractivity contribution is 0.302. The highest BCUT2D eigenvalue weighted by atomic mass is 79.9. The molecule has 0 bridgehead atoms. The normalized spacial score (nSPS) is 10.7. The zero-order chi connectivity index (χ0) is 19.4. The molecule has 0 saturated carbocycles. The molecule has 3 aromatic rings. The molecule has 0 unspecified atom stereocenters. The lowest BCUT2D eigenvalue weighted by Crippen LogP contribution is -2.04.